The van der Waals surface area contributed by atoms with Crippen LogP contribution < -0.4 is 9.47 Å². The normalized spacial score (nSPS) is 11.4. The molecule has 5 heteroatoms. The predicted molar refractivity (Wildman–Crippen MR) is 118 cm³/mol. The molecule has 0 N–H and O–H groups in total. The topological polar surface area (TPSA) is 35.8 Å². The van der Waals surface area contributed by atoms with E-state index in [1.807, 2.05) is 87.0 Å². The third-order valence-corrected chi connectivity index (χ3v) is 4.66. The molecule has 0 aliphatic rings. The first-order valence-corrected chi connectivity index (χ1v) is 10.1. The summed E-state index contributed by atoms with van der Waals surface area (Å²) in [6.07, 6.45) is 3.88. The molecule has 0 fully saturated rings. The Balaban J connectivity index is 1.69. The molecule has 0 aliphatic carbocycles. The van der Waals surface area contributed by atoms with Crippen molar-refractivity contribution in [3.05, 3.63) is 72.8 Å². The smallest absolute Gasteiger partial charge is 0.165 e. The molecule has 2 aromatic carbocycles. The summed E-state index contributed by atoms with van der Waals surface area (Å²) in [6, 6.07) is 16.9. The molecule has 30 heavy (non-hydrogen) atoms. The summed E-state index contributed by atoms with van der Waals surface area (Å²) in [6.45, 7) is 7.77. The minimum atomic E-state index is -0.368. The molecule has 154 valence electrons. The molecule has 0 saturated carbocycles. The first-order chi connectivity index (χ1) is 14.4. The number of imidazole rings is 1. The second-order valence-corrected chi connectivity index (χ2v) is 7.79. The lowest BCUT2D eigenvalue weighted by Gasteiger charge is -2.12. The van der Waals surface area contributed by atoms with Gasteiger partial charge in [-0.2, -0.15) is 0 Å². The van der Waals surface area contributed by atoms with Crippen LogP contribution in [-0.2, 0) is 0 Å². The van der Waals surface area contributed by atoms with Gasteiger partial charge < -0.3 is 9.47 Å². The first-order valence-electron chi connectivity index (χ1n) is 10.1. The van der Waals surface area contributed by atoms with Crippen LogP contribution >= 0.6 is 0 Å². The van der Waals surface area contributed by atoms with E-state index in [4.69, 9.17) is 9.47 Å². The molecular formula is C25H25FN2O2. The lowest BCUT2D eigenvalue weighted by atomic mass is 10.1. The zero-order valence-corrected chi connectivity index (χ0v) is 17.6. The summed E-state index contributed by atoms with van der Waals surface area (Å²) in [5.41, 5.74) is 4.50. The van der Waals surface area contributed by atoms with Gasteiger partial charge in [-0.05, 0) is 87.4 Å². The lowest BCUT2D eigenvalue weighted by Crippen LogP contribution is -2.06. The molecule has 0 spiro atoms. The maximum atomic E-state index is 14.5. The maximum absolute atomic E-state index is 14.5. The summed E-state index contributed by atoms with van der Waals surface area (Å²) in [4.78, 5) is 4.50. The fraction of sp³-hybridized carbons (Fsp3) is 0.240. The summed E-state index contributed by atoms with van der Waals surface area (Å²) in [7, 11) is 0. The van der Waals surface area contributed by atoms with E-state index in [0.29, 0.717) is 0 Å². The van der Waals surface area contributed by atoms with Crippen LogP contribution in [0.4, 0.5) is 4.39 Å². The molecule has 0 saturated heterocycles. The molecule has 0 bridgehead atoms. The number of hydrogen-bond donors (Lipinski definition) is 0. The number of hydrogen-bond acceptors (Lipinski definition) is 3. The first kappa shape index (κ1) is 20.0. The largest absolute Gasteiger partial charge is 0.491 e. The molecule has 0 unspecified atom stereocenters. The van der Waals surface area contributed by atoms with Crippen LogP contribution in [0.2, 0.25) is 0 Å². The monoisotopic (exact) mass is 404 g/mol. The number of ether oxygens (including phenoxy) is 2. The van der Waals surface area contributed by atoms with Gasteiger partial charge in [0.05, 0.1) is 24.1 Å². The minimum Gasteiger partial charge on any atom is -0.491 e. The quantitative estimate of drug-likeness (QED) is 0.374. The number of pyridine rings is 1. The van der Waals surface area contributed by atoms with Crippen LogP contribution in [-0.4, -0.2) is 21.6 Å². The van der Waals surface area contributed by atoms with Gasteiger partial charge >= 0.3 is 0 Å². The van der Waals surface area contributed by atoms with Gasteiger partial charge in [0.2, 0.25) is 0 Å². The van der Waals surface area contributed by atoms with Crippen LogP contribution in [0.5, 0.6) is 11.5 Å². The van der Waals surface area contributed by atoms with Gasteiger partial charge in [-0.25, -0.2) is 9.37 Å². The average Bonchev–Trinajstić information content (AvgIpc) is 3.12. The summed E-state index contributed by atoms with van der Waals surface area (Å²) < 4.78 is 27.7. The van der Waals surface area contributed by atoms with Crippen molar-refractivity contribution in [2.75, 3.05) is 0 Å². The van der Waals surface area contributed by atoms with E-state index < -0.39 is 0 Å². The second kappa shape index (κ2) is 8.19. The second-order valence-electron chi connectivity index (χ2n) is 7.79. The molecule has 4 rings (SSSR count). The van der Waals surface area contributed by atoms with Gasteiger partial charge in [0.15, 0.2) is 11.6 Å². The number of fused-ring (bicyclic) bond motifs is 1. The van der Waals surface area contributed by atoms with Crippen LogP contribution in [0.1, 0.15) is 27.7 Å². The van der Waals surface area contributed by atoms with Crippen molar-refractivity contribution in [1.29, 1.82) is 0 Å². The van der Waals surface area contributed by atoms with Crippen molar-refractivity contribution in [2.24, 2.45) is 0 Å². The van der Waals surface area contributed by atoms with Gasteiger partial charge in [-0.3, -0.25) is 4.40 Å². The van der Waals surface area contributed by atoms with Crippen LogP contribution in [0.25, 0.3) is 28.0 Å². The van der Waals surface area contributed by atoms with Crippen molar-refractivity contribution < 1.29 is 13.9 Å². The Morgan fingerprint density at radius 3 is 2.13 bits per heavy atom. The zero-order valence-electron chi connectivity index (χ0n) is 17.6. The molecule has 0 atom stereocenters. The van der Waals surface area contributed by atoms with Crippen molar-refractivity contribution in [2.45, 2.75) is 39.9 Å². The highest BCUT2D eigenvalue weighted by Crippen LogP contribution is 2.29. The highest BCUT2D eigenvalue weighted by molar-refractivity contribution is 5.70. The Hall–Kier alpha value is -3.34. The van der Waals surface area contributed by atoms with E-state index in [9.17, 15) is 4.39 Å². The summed E-state index contributed by atoms with van der Waals surface area (Å²) in [5.74, 6) is 0.734. The van der Waals surface area contributed by atoms with Crippen molar-refractivity contribution >= 4 is 5.65 Å². The summed E-state index contributed by atoms with van der Waals surface area (Å²) >= 11 is 0. The van der Waals surface area contributed by atoms with E-state index in [-0.39, 0.29) is 23.8 Å². The zero-order chi connectivity index (χ0) is 21.3. The van der Waals surface area contributed by atoms with Crippen LogP contribution in [0.15, 0.2) is 67.0 Å². The average molecular weight is 404 g/mol. The molecule has 4 aromatic rings. The van der Waals surface area contributed by atoms with E-state index in [1.54, 1.807) is 6.07 Å². The highest BCUT2D eigenvalue weighted by atomic mass is 19.1. The molecule has 2 heterocycles. The SMILES string of the molecule is CC(C)Oc1ccc(-c2cnc3ccc(-c4ccc(OC(C)C)c(F)c4)cn23)cc1. The number of benzene rings is 2. The number of aromatic nitrogens is 2. The van der Waals surface area contributed by atoms with Crippen molar-refractivity contribution in [3.63, 3.8) is 0 Å². The third-order valence-electron chi connectivity index (χ3n) is 4.66. The molecular weight excluding hydrogens is 379 g/mol. The van der Waals surface area contributed by atoms with E-state index in [2.05, 4.69) is 4.98 Å². The standard InChI is InChI=1S/C25H25FN2O2/c1-16(2)29-21-9-5-18(6-10-21)23-14-27-25-12-8-20(15-28(23)25)19-7-11-24(22(26)13-19)30-17(3)4/h5-17H,1-4H3. The highest BCUT2D eigenvalue weighted by Gasteiger charge is 2.11. The van der Waals surface area contributed by atoms with Gasteiger partial charge in [-0.1, -0.05) is 6.07 Å². The predicted octanol–water partition coefficient (Wildman–Crippen LogP) is 6.38. The van der Waals surface area contributed by atoms with E-state index in [0.717, 1.165) is 33.8 Å². The fourth-order valence-electron chi connectivity index (χ4n) is 3.37. The molecule has 4 nitrogen and oxygen atoms in total. The van der Waals surface area contributed by atoms with Crippen molar-refractivity contribution in [3.8, 4) is 33.9 Å². The Bertz CT molecular complexity index is 1160. The molecule has 0 amide bonds. The molecule has 0 aliphatic heterocycles. The van der Waals surface area contributed by atoms with Crippen LogP contribution in [0.3, 0.4) is 0 Å². The summed E-state index contributed by atoms with van der Waals surface area (Å²) in [5, 5.41) is 0. The van der Waals surface area contributed by atoms with E-state index in [1.165, 1.54) is 6.07 Å². The Kier molecular flexibility index (Phi) is 5.44. The third kappa shape index (κ3) is 4.15. The molecule has 0 radical (unpaired) electrons. The van der Waals surface area contributed by atoms with Gasteiger partial charge in [0.25, 0.3) is 0 Å². The van der Waals surface area contributed by atoms with Crippen LogP contribution in [0, 0.1) is 5.82 Å². The number of nitrogens with zero attached hydrogens (tertiary/aromatic N) is 2. The Morgan fingerprint density at radius 1 is 0.800 bits per heavy atom. The number of halogens is 1. The van der Waals surface area contributed by atoms with Gasteiger partial charge in [-0.15, -0.1) is 0 Å². The van der Waals surface area contributed by atoms with Crippen molar-refractivity contribution in [1.82, 2.24) is 9.38 Å². The number of rotatable bonds is 6. The Labute approximate surface area is 175 Å². The maximum Gasteiger partial charge on any atom is 0.165 e. The Morgan fingerprint density at radius 2 is 1.47 bits per heavy atom. The lowest BCUT2D eigenvalue weighted by molar-refractivity contribution is 0.231. The molecule has 2 aromatic heterocycles. The van der Waals surface area contributed by atoms with Gasteiger partial charge in [0, 0.05) is 11.8 Å². The fourth-order valence-corrected chi connectivity index (χ4v) is 3.37. The minimum absolute atomic E-state index is 0.0764. The van der Waals surface area contributed by atoms with E-state index >= 15 is 0 Å². The van der Waals surface area contributed by atoms with Gasteiger partial charge in [0.1, 0.15) is 11.4 Å².